The van der Waals surface area contributed by atoms with Crippen molar-refractivity contribution < 1.29 is 27.4 Å². The Balaban J connectivity index is 1.13. The molecule has 2 aliphatic carbocycles. The molecule has 52 heavy (non-hydrogen) atoms. The zero-order chi connectivity index (χ0) is 36.4. The Kier molecular flexibility index (Phi) is 9.88. The lowest BCUT2D eigenvalue weighted by Crippen LogP contribution is -2.64. The van der Waals surface area contributed by atoms with Gasteiger partial charge in [-0.3, -0.25) is 9.69 Å². The van der Waals surface area contributed by atoms with Crippen LogP contribution in [0.2, 0.25) is 5.02 Å². The van der Waals surface area contributed by atoms with E-state index in [0.717, 1.165) is 87.5 Å². The zero-order valence-corrected chi connectivity index (χ0v) is 32.8. The number of carbonyl (C=O) groups excluding carboxylic acids is 1. The number of rotatable bonds is 2. The first-order valence-corrected chi connectivity index (χ1v) is 21.6. The molecule has 4 heterocycles. The van der Waals surface area contributed by atoms with Crippen molar-refractivity contribution in [3.05, 3.63) is 58.1 Å². The van der Waals surface area contributed by atoms with Crippen molar-refractivity contribution in [3.8, 4) is 5.75 Å². The molecule has 1 spiro atoms. The molecule has 1 saturated carbocycles. The normalized spacial score (nSPS) is 36.2. The first-order chi connectivity index (χ1) is 24.8. The maximum atomic E-state index is 13.6. The first-order valence-electron chi connectivity index (χ1n) is 19.7. The Hall–Kier alpha value is -2.37. The van der Waals surface area contributed by atoms with E-state index in [-0.39, 0.29) is 35.1 Å². The van der Waals surface area contributed by atoms with E-state index in [4.69, 9.17) is 25.8 Å². The third kappa shape index (κ3) is 6.78. The Morgan fingerprint density at radius 2 is 1.75 bits per heavy atom. The van der Waals surface area contributed by atoms with E-state index < -0.39 is 21.2 Å². The standard InChI is InChI=1S/C41H56ClN3O6S/c1-26-7-5-9-34(39-49-22-32(23-50-39)45-18-17-40(45,3)4)33-13-10-30(33)21-44-24-41(16-6-8-28-19-31(42)12-14-35(28)41)25-51-37-15-11-29(20-36(37)44)38(46)43-52(47,48)27(26)2/h11-12,14-15,19-20,26-27,30,32-34,39H,5-10,13,16-18,21-25H2,1-4H3,(H,43,46)/t26-,27+,30-,32-,33+,34+,39-,41-/m0/s1. The van der Waals surface area contributed by atoms with Crippen molar-refractivity contribution in [1.82, 2.24) is 9.62 Å². The van der Waals surface area contributed by atoms with Crippen LogP contribution < -0.4 is 14.4 Å². The summed E-state index contributed by atoms with van der Waals surface area (Å²) in [7, 11) is -3.91. The minimum Gasteiger partial charge on any atom is -0.490 e. The van der Waals surface area contributed by atoms with Gasteiger partial charge in [-0.2, -0.15) is 0 Å². The minimum absolute atomic E-state index is 0.123. The highest BCUT2D eigenvalue weighted by molar-refractivity contribution is 7.90. The fourth-order valence-electron chi connectivity index (χ4n) is 10.3. The minimum atomic E-state index is -3.91. The third-order valence-electron chi connectivity index (χ3n) is 13.9. The predicted molar refractivity (Wildman–Crippen MR) is 204 cm³/mol. The fourth-order valence-corrected chi connectivity index (χ4v) is 11.8. The Labute approximate surface area is 315 Å². The second-order valence-corrected chi connectivity index (χ2v) is 20.0. The monoisotopic (exact) mass is 753 g/mol. The summed E-state index contributed by atoms with van der Waals surface area (Å²) in [5.74, 6) is 1.06. The van der Waals surface area contributed by atoms with Crippen molar-refractivity contribution in [3.63, 3.8) is 0 Å². The number of amides is 1. The number of fused-ring (bicyclic) bond motifs is 4. The van der Waals surface area contributed by atoms with Gasteiger partial charge in [0.05, 0.1) is 36.8 Å². The molecule has 1 N–H and O–H groups in total. The van der Waals surface area contributed by atoms with Gasteiger partial charge in [0.25, 0.3) is 5.91 Å². The molecule has 0 unspecified atom stereocenters. The maximum Gasteiger partial charge on any atom is 0.264 e. The van der Waals surface area contributed by atoms with E-state index in [2.05, 4.69) is 40.5 Å². The Morgan fingerprint density at radius 3 is 2.46 bits per heavy atom. The van der Waals surface area contributed by atoms with Crippen LogP contribution in [-0.2, 0) is 31.3 Å². The highest BCUT2D eigenvalue weighted by Crippen LogP contribution is 2.49. The molecular formula is C41H56ClN3O6S. The van der Waals surface area contributed by atoms with Crippen LogP contribution in [-0.4, -0.2) is 81.8 Å². The van der Waals surface area contributed by atoms with Gasteiger partial charge < -0.3 is 19.1 Å². The second-order valence-electron chi connectivity index (χ2n) is 17.5. The van der Waals surface area contributed by atoms with Gasteiger partial charge in [-0.15, -0.1) is 0 Å². The number of halogens is 1. The van der Waals surface area contributed by atoms with Crippen LogP contribution in [0.3, 0.4) is 0 Å². The summed E-state index contributed by atoms with van der Waals surface area (Å²) in [6.45, 7) is 12.8. The van der Waals surface area contributed by atoms with E-state index in [1.54, 1.807) is 13.0 Å². The van der Waals surface area contributed by atoms with Crippen LogP contribution in [0.5, 0.6) is 5.75 Å². The molecule has 0 aromatic heterocycles. The molecule has 4 aliphatic heterocycles. The molecule has 6 aliphatic rings. The summed E-state index contributed by atoms with van der Waals surface area (Å²) in [5.41, 5.74) is 3.69. The Bertz CT molecular complexity index is 1780. The molecule has 3 fully saturated rings. The number of nitrogens with one attached hydrogen (secondary N) is 1. The lowest BCUT2D eigenvalue weighted by molar-refractivity contribution is -0.255. The number of aryl methyl sites for hydroxylation is 1. The second kappa shape index (κ2) is 14.0. The van der Waals surface area contributed by atoms with Gasteiger partial charge in [0.15, 0.2) is 6.29 Å². The van der Waals surface area contributed by atoms with Crippen molar-refractivity contribution in [2.75, 3.05) is 44.4 Å². The molecule has 9 nitrogen and oxygen atoms in total. The van der Waals surface area contributed by atoms with Crippen LogP contribution in [0, 0.1) is 23.7 Å². The quantitative estimate of drug-likeness (QED) is 0.352. The molecule has 6 atom stereocenters. The van der Waals surface area contributed by atoms with Gasteiger partial charge in [-0.05, 0) is 131 Å². The lowest BCUT2D eigenvalue weighted by Gasteiger charge is -2.54. The maximum absolute atomic E-state index is 13.6. The van der Waals surface area contributed by atoms with Crippen molar-refractivity contribution in [1.29, 1.82) is 0 Å². The zero-order valence-electron chi connectivity index (χ0n) is 31.2. The highest BCUT2D eigenvalue weighted by atomic mass is 35.5. The number of likely N-dealkylation sites (tertiary alicyclic amines) is 1. The van der Waals surface area contributed by atoms with E-state index in [0.29, 0.717) is 37.2 Å². The SMILES string of the molecule is C[C@@H]1[C@@H](C)CCC[C@@H]([C@H]2OC[C@H](N3CCC3(C)C)CO2)[C@@H]2CC[C@H]2CN2C[C@@]3(CCCc4cc(Cl)ccc43)COc3ccc(cc32)C(=O)NS1(=O)=O. The fraction of sp³-hybridized carbons (Fsp3) is 0.683. The van der Waals surface area contributed by atoms with Gasteiger partial charge in [-0.1, -0.05) is 31.0 Å². The third-order valence-corrected chi connectivity index (χ3v) is 16.1. The van der Waals surface area contributed by atoms with E-state index in [9.17, 15) is 13.2 Å². The van der Waals surface area contributed by atoms with E-state index in [1.807, 2.05) is 25.1 Å². The van der Waals surface area contributed by atoms with Crippen molar-refractivity contribution >= 4 is 33.2 Å². The van der Waals surface area contributed by atoms with Crippen molar-refractivity contribution in [2.24, 2.45) is 23.7 Å². The van der Waals surface area contributed by atoms with Crippen LogP contribution in [0.4, 0.5) is 5.69 Å². The van der Waals surface area contributed by atoms with Crippen LogP contribution in [0.15, 0.2) is 36.4 Å². The molecule has 11 heteroatoms. The smallest absolute Gasteiger partial charge is 0.264 e. The summed E-state index contributed by atoms with van der Waals surface area (Å²) in [6, 6.07) is 12.0. The molecule has 0 radical (unpaired) electrons. The van der Waals surface area contributed by atoms with Gasteiger partial charge >= 0.3 is 0 Å². The molecule has 2 aromatic rings. The summed E-state index contributed by atoms with van der Waals surface area (Å²) >= 11 is 6.49. The highest BCUT2D eigenvalue weighted by Gasteiger charge is 2.48. The summed E-state index contributed by atoms with van der Waals surface area (Å²) in [6.07, 6.45) is 8.73. The summed E-state index contributed by atoms with van der Waals surface area (Å²) in [4.78, 5) is 18.6. The summed E-state index contributed by atoms with van der Waals surface area (Å²) in [5, 5.41) is 0.0332. The topological polar surface area (TPSA) is 97.4 Å². The number of nitrogens with zero attached hydrogens (tertiary/aromatic N) is 2. The molecule has 2 aromatic carbocycles. The van der Waals surface area contributed by atoms with Gasteiger partial charge in [-0.25, -0.2) is 13.1 Å². The average molecular weight is 754 g/mol. The number of hydrogen-bond acceptors (Lipinski definition) is 8. The lowest BCUT2D eigenvalue weighted by atomic mass is 9.64. The number of ether oxygens (including phenoxy) is 3. The van der Waals surface area contributed by atoms with E-state index in [1.165, 1.54) is 17.5 Å². The van der Waals surface area contributed by atoms with Crippen LogP contribution in [0.1, 0.15) is 101 Å². The Morgan fingerprint density at radius 1 is 0.942 bits per heavy atom. The molecule has 2 saturated heterocycles. The number of benzene rings is 2. The molecular weight excluding hydrogens is 698 g/mol. The van der Waals surface area contributed by atoms with Crippen LogP contribution >= 0.6 is 11.6 Å². The van der Waals surface area contributed by atoms with Gasteiger partial charge in [0.1, 0.15) is 5.75 Å². The number of hydrogen-bond donors (Lipinski definition) is 1. The van der Waals surface area contributed by atoms with Crippen molar-refractivity contribution in [2.45, 2.75) is 114 Å². The van der Waals surface area contributed by atoms with Gasteiger partial charge in [0, 0.05) is 47.1 Å². The molecule has 284 valence electrons. The number of sulfonamides is 1. The number of carbonyl (C=O) groups is 1. The molecule has 2 bridgehead atoms. The van der Waals surface area contributed by atoms with Crippen LogP contribution in [0.25, 0.3) is 0 Å². The predicted octanol–water partition coefficient (Wildman–Crippen LogP) is 6.95. The largest absolute Gasteiger partial charge is 0.490 e. The molecule has 1 amide bonds. The van der Waals surface area contributed by atoms with E-state index >= 15 is 0 Å². The first kappa shape index (κ1) is 36.6. The summed E-state index contributed by atoms with van der Waals surface area (Å²) < 4.78 is 49.5. The number of anilines is 1. The molecule has 8 rings (SSSR count). The average Bonchev–Trinajstić information content (AvgIpc) is 3.25. The van der Waals surface area contributed by atoms with Gasteiger partial charge in [0.2, 0.25) is 10.0 Å².